The van der Waals surface area contributed by atoms with E-state index in [2.05, 4.69) is 12.6 Å². The van der Waals surface area contributed by atoms with Gasteiger partial charge in [0.05, 0.1) is 11.5 Å². The SMILES string of the molecule is C=CCn1c(S[C@@H](C#N)Cc2ccccc2)nc2scc(-c3ccccc3)c2c1=O. The van der Waals surface area contributed by atoms with Crippen molar-refractivity contribution < 1.29 is 0 Å². The van der Waals surface area contributed by atoms with Crippen LogP contribution in [0.2, 0.25) is 0 Å². The maximum Gasteiger partial charge on any atom is 0.263 e. The molecule has 148 valence electrons. The van der Waals surface area contributed by atoms with E-state index < -0.39 is 0 Å². The predicted octanol–water partition coefficient (Wildman–Crippen LogP) is 5.54. The van der Waals surface area contributed by atoms with Crippen LogP contribution in [-0.2, 0) is 13.0 Å². The van der Waals surface area contributed by atoms with Crippen LogP contribution in [0.3, 0.4) is 0 Å². The number of fused-ring (bicyclic) bond motifs is 1. The van der Waals surface area contributed by atoms with E-state index in [4.69, 9.17) is 4.98 Å². The van der Waals surface area contributed by atoms with Gasteiger partial charge in [0.1, 0.15) is 10.1 Å². The molecule has 0 saturated carbocycles. The van der Waals surface area contributed by atoms with Crippen LogP contribution >= 0.6 is 23.1 Å². The van der Waals surface area contributed by atoms with Crippen LogP contribution in [0.1, 0.15) is 5.56 Å². The summed E-state index contributed by atoms with van der Waals surface area (Å²) in [5.41, 5.74) is 2.87. The summed E-state index contributed by atoms with van der Waals surface area (Å²) in [6.45, 7) is 4.14. The van der Waals surface area contributed by atoms with E-state index in [1.807, 2.05) is 66.0 Å². The Morgan fingerprint density at radius 1 is 1.17 bits per heavy atom. The minimum Gasteiger partial charge on any atom is -0.283 e. The molecule has 2 aromatic heterocycles. The molecule has 0 unspecified atom stereocenters. The molecule has 4 aromatic rings. The van der Waals surface area contributed by atoms with Gasteiger partial charge in [-0.2, -0.15) is 5.26 Å². The third-order valence-corrected chi connectivity index (χ3v) is 6.66. The molecule has 1 atom stereocenters. The number of hydrogen-bond donors (Lipinski definition) is 0. The molecule has 0 N–H and O–H groups in total. The molecule has 0 spiro atoms. The van der Waals surface area contributed by atoms with Gasteiger partial charge in [0.25, 0.3) is 5.56 Å². The molecule has 2 heterocycles. The van der Waals surface area contributed by atoms with Gasteiger partial charge in [-0.05, 0) is 17.5 Å². The minimum absolute atomic E-state index is 0.0982. The zero-order chi connectivity index (χ0) is 20.9. The van der Waals surface area contributed by atoms with Crippen molar-refractivity contribution in [1.82, 2.24) is 9.55 Å². The highest BCUT2D eigenvalue weighted by Gasteiger charge is 2.20. The van der Waals surface area contributed by atoms with E-state index in [1.165, 1.54) is 23.1 Å². The van der Waals surface area contributed by atoms with Crippen LogP contribution in [0.5, 0.6) is 0 Å². The highest BCUT2D eigenvalue weighted by molar-refractivity contribution is 8.00. The van der Waals surface area contributed by atoms with Gasteiger partial charge in [-0.25, -0.2) is 4.98 Å². The second kappa shape index (κ2) is 9.12. The molecule has 0 bridgehead atoms. The van der Waals surface area contributed by atoms with Crippen LogP contribution in [-0.4, -0.2) is 14.8 Å². The Bertz CT molecular complexity index is 1270. The number of thioether (sulfide) groups is 1. The van der Waals surface area contributed by atoms with E-state index in [9.17, 15) is 10.1 Å². The van der Waals surface area contributed by atoms with Gasteiger partial charge in [-0.1, -0.05) is 78.5 Å². The molecule has 2 aromatic carbocycles. The Balaban J connectivity index is 1.76. The third kappa shape index (κ3) is 4.09. The molecule has 0 aliphatic carbocycles. The van der Waals surface area contributed by atoms with Crippen molar-refractivity contribution in [3.8, 4) is 17.2 Å². The quantitative estimate of drug-likeness (QED) is 0.220. The van der Waals surface area contributed by atoms with Crippen LogP contribution in [0.4, 0.5) is 0 Å². The van der Waals surface area contributed by atoms with E-state index in [0.717, 1.165) is 16.7 Å². The first-order chi connectivity index (χ1) is 14.7. The molecule has 0 saturated heterocycles. The van der Waals surface area contributed by atoms with Crippen molar-refractivity contribution >= 4 is 33.3 Å². The molecule has 4 nitrogen and oxygen atoms in total. The average molecular weight is 430 g/mol. The highest BCUT2D eigenvalue weighted by atomic mass is 32.2. The predicted molar refractivity (Wildman–Crippen MR) is 125 cm³/mol. The molecule has 6 heteroatoms. The molecule has 0 aliphatic heterocycles. The molecule has 4 rings (SSSR count). The Kier molecular flexibility index (Phi) is 6.12. The number of nitriles is 1. The first kappa shape index (κ1) is 20.1. The fourth-order valence-corrected chi connectivity index (χ4v) is 5.29. The summed E-state index contributed by atoms with van der Waals surface area (Å²) >= 11 is 2.79. The number of nitrogens with zero attached hydrogens (tertiary/aromatic N) is 3. The number of rotatable bonds is 7. The number of benzene rings is 2. The smallest absolute Gasteiger partial charge is 0.263 e. The third-order valence-electron chi connectivity index (χ3n) is 4.71. The standard InChI is InChI=1S/C24H19N3OS2/c1-2-13-27-23(28)21-20(18-11-7-4-8-12-18)16-29-22(21)26-24(27)30-19(15-25)14-17-9-5-3-6-10-17/h2-12,16,19H,1,13-14H2/t19-/m1/s1. The molecule has 0 radical (unpaired) electrons. The van der Waals surface area contributed by atoms with Crippen molar-refractivity contribution in [2.45, 2.75) is 23.4 Å². The zero-order valence-electron chi connectivity index (χ0n) is 16.2. The summed E-state index contributed by atoms with van der Waals surface area (Å²) < 4.78 is 1.62. The average Bonchev–Trinajstić information content (AvgIpc) is 3.21. The fourth-order valence-electron chi connectivity index (χ4n) is 3.29. The van der Waals surface area contributed by atoms with Crippen LogP contribution in [0.15, 0.2) is 88.6 Å². The van der Waals surface area contributed by atoms with E-state index >= 15 is 0 Å². The summed E-state index contributed by atoms with van der Waals surface area (Å²) in [4.78, 5) is 18.9. The Morgan fingerprint density at radius 3 is 2.53 bits per heavy atom. The maximum absolute atomic E-state index is 13.4. The molecule has 30 heavy (non-hydrogen) atoms. The van der Waals surface area contributed by atoms with Gasteiger partial charge < -0.3 is 0 Å². The van der Waals surface area contributed by atoms with Crippen LogP contribution < -0.4 is 5.56 Å². The van der Waals surface area contributed by atoms with Crippen molar-refractivity contribution in [3.05, 3.63) is 94.6 Å². The first-order valence-corrected chi connectivity index (χ1v) is 11.3. The summed E-state index contributed by atoms with van der Waals surface area (Å²) in [6.07, 6.45) is 2.27. The second-order valence-electron chi connectivity index (χ2n) is 6.72. The highest BCUT2D eigenvalue weighted by Crippen LogP contribution is 2.33. The lowest BCUT2D eigenvalue weighted by atomic mass is 10.1. The molecular weight excluding hydrogens is 410 g/mol. The van der Waals surface area contributed by atoms with Crippen molar-refractivity contribution in [3.63, 3.8) is 0 Å². The van der Waals surface area contributed by atoms with Crippen LogP contribution in [0, 0.1) is 11.3 Å². The van der Waals surface area contributed by atoms with E-state index in [-0.39, 0.29) is 10.8 Å². The number of thiophene rings is 1. The summed E-state index contributed by atoms with van der Waals surface area (Å²) in [5.74, 6) is 0. The van der Waals surface area contributed by atoms with Crippen molar-refractivity contribution in [2.24, 2.45) is 0 Å². The maximum atomic E-state index is 13.4. The Morgan fingerprint density at radius 2 is 1.87 bits per heavy atom. The van der Waals surface area contributed by atoms with Gasteiger partial charge in [0.15, 0.2) is 5.16 Å². The number of aromatic nitrogens is 2. The molecule has 0 aliphatic rings. The van der Waals surface area contributed by atoms with Crippen LogP contribution in [0.25, 0.3) is 21.3 Å². The lowest BCUT2D eigenvalue weighted by Gasteiger charge is -2.13. The molecule has 0 amide bonds. The Labute approximate surface area is 183 Å². The topological polar surface area (TPSA) is 58.7 Å². The van der Waals surface area contributed by atoms with Gasteiger partial charge in [0, 0.05) is 17.5 Å². The van der Waals surface area contributed by atoms with Gasteiger partial charge in [0.2, 0.25) is 0 Å². The Hall–Kier alpha value is -3.14. The normalized spacial score (nSPS) is 11.8. The zero-order valence-corrected chi connectivity index (χ0v) is 17.8. The van der Waals surface area contributed by atoms with Gasteiger partial charge in [-0.15, -0.1) is 17.9 Å². The monoisotopic (exact) mass is 429 g/mol. The van der Waals surface area contributed by atoms with E-state index in [0.29, 0.717) is 28.3 Å². The van der Waals surface area contributed by atoms with Gasteiger partial charge >= 0.3 is 0 Å². The first-order valence-electron chi connectivity index (χ1n) is 9.50. The molecular formula is C24H19N3OS2. The fraction of sp³-hybridized carbons (Fsp3) is 0.125. The molecule has 0 fully saturated rings. The lowest BCUT2D eigenvalue weighted by Crippen LogP contribution is -2.23. The van der Waals surface area contributed by atoms with E-state index in [1.54, 1.807) is 10.6 Å². The number of hydrogen-bond acceptors (Lipinski definition) is 5. The second-order valence-corrected chi connectivity index (χ2v) is 8.75. The summed E-state index contributed by atoms with van der Waals surface area (Å²) in [5, 5.41) is 12.5. The summed E-state index contributed by atoms with van der Waals surface area (Å²) in [6, 6.07) is 22.1. The summed E-state index contributed by atoms with van der Waals surface area (Å²) in [7, 11) is 0. The number of allylic oxidation sites excluding steroid dienone is 1. The van der Waals surface area contributed by atoms with Gasteiger partial charge in [-0.3, -0.25) is 9.36 Å². The van der Waals surface area contributed by atoms with Crippen molar-refractivity contribution in [2.75, 3.05) is 0 Å². The lowest BCUT2D eigenvalue weighted by molar-refractivity contribution is 0.671. The minimum atomic E-state index is -0.346. The van der Waals surface area contributed by atoms with Crippen molar-refractivity contribution in [1.29, 1.82) is 5.26 Å². The largest absolute Gasteiger partial charge is 0.283 e.